The van der Waals surface area contributed by atoms with Crippen LogP contribution in [0, 0.1) is 5.82 Å². The summed E-state index contributed by atoms with van der Waals surface area (Å²) in [5, 5.41) is 8.64. The van der Waals surface area contributed by atoms with Gasteiger partial charge in [0.25, 0.3) is 0 Å². The summed E-state index contributed by atoms with van der Waals surface area (Å²) in [4.78, 5) is 10.6. The van der Waals surface area contributed by atoms with Crippen LogP contribution in [0.15, 0.2) is 12.1 Å². The zero-order valence-electron chi connectivity index (χ0n) is 8.42. The highest BCUT2D eigenvalue weighted by molar-refractivity contribution is 9.08. The first-order valence-electron chi connectivity index (χ1n) is 4.48. The number of ether oxygens (including phenoxy) is 1. The lowest BCUT2D eigenvalue weighted by Crippen LogP contribution is -2.10. The van der Waals surface area contributed by atoms with Crippen molar-refractivity contribution >= 4 is 21.9 Å². The topological polar surface area (TPSA) is 46.5 Å². The van der Waals surface area contributed by atoms with Gasteiger partial charge in [0.1, 0.15) is 11.6 Å². The molecule has 0 saturated heterocycles. The molecule has 1 aromatic carbocycles. The quantitative estimate of drug-likeness (QED) is 0.850. The van der Waals surface area contributed by atoms with E-state index < -0.39 is 24.8 Å². The molecule has 1 N–H and O–H groups in total. The predicted octanol–water partition coefficient (Wildman–Crippen LogP) is 2.95. The fourth-order valence-electron chi connectivity index (χ4n) is 1.34. The van der Waals surface area contributed by atoms with Crippen LogP contribution in [0.5, 0.6) is 5.75 Å². The molecule has 0 amide bonds. The minimum atomic E-state index is -3.05. The van der Waals surface area contributed by atoms with Crippen molar-refractivity contribution in [1.29, 1.82) is 0 Å². The van der Waals surface area contributed by atoms with Crippen LogP contribution in [0.4, 0.5) is 13.2 Å². The molecule has 17 heavy (non-hydrogen) atoms. The van der Waals surface area contributed by atoms with Crippen LogP contribution in [0.3, 0.4) is 0 Å². The molecule has 0 heterocycles. The largest absolute Gasteiger partial charge is 0.481 e. The van der Waals surface area contributed by atoms with E-state index in [1.54, 1.807) is 0 Å². The van der Waals surface area contributed by atoms with Crippen molar-refractivity contribution < 1.29 is 27.8 Å². The van der Waals surface area contributed by atoms with Gasteiger partial charge in [0.2, 0.25) is 0 Å². The van der Waals surface area contributed by atoms with Gasteiger partial charge in [0.05, 0.1) is 6.42 Å². The van der Waals surface area contributed by atoms with Crippen molar-refractivity contribution in [3.05, 3.63) is 29.1 Å². The summed E-state index contributed by atoms with van der Waals surface area (Å²) in [6.07, 6.45) is -0.590. The summed E-state index contributed by atoms with van der Waals surface area (Å²) in [5.74, 6) is -2.24. The lowest BCUT2D eigenvalue weighted by molar-refractivity contribution is -0.136. The number of carbonyl (C=O) groups is 1. The Morgan fingerprint density at radius 1 is 1.41 bits per heavy atom. The van der Waals surface area contributed by atoms with Crippen LogP contribution in [0.1, 0.15) is 11.1 Å². The number of rotatable bonds is 5. The summed E-state index contributed by atoms with van der Waals surface area (Å²) in [6.45, 7) is -3.05. The van der Waals surface area contributed by atoms with E-state index in [9.17, 15) is 18.0 Å². The van der Waals surface area contributed by atoms with Gasteiger partial charge in [0, 0.05) is 16.5 Å². The molecule has 0 radical (unpaired) electrons. The Labute approximate surface area is 103 Å². The van der Waals surface area contributed by atoms with Gasteiger partial charge in [-0.2, -0.15) is 8.78 Å². The Bertz CT molecular complexity index is 424. The first kappa shape index (κ1) is 13.8. The van der Waals surface area contributed by atoms with Crippen molar-refractivity contribution in [2.45, 2.75) is 18.4 Å². The maximum absolute atomic E-state index is 13.4. The van der Waals surface area contributed by atoms with Gasteiger partial charge >= 0.3 is 12.6 Å². The Balaban J connectivity index is 3.20. The van der Waals surface area contributed by atoms with E-state index >= 15 is 0 Å². The summed E-state index contributed by atoms with van der Waals surface area (Å²) in [5.41, 5.74) is -0.0831. The third kappa shape index (κ3) is 3.62. The van der Waals surface area contributed by atoms with Gasteiger partial charge in [-0.25, -0.2) is 4.39 Å². The zero-order chi connectivity index (χ0) is 13.0. The average molecular weight is 313 g/mol. The first-order valence-corrected chi connectivity index (χ1v) is 5.60. The van der Waals surface area contributed by atoms with Gasteiger partial charge in [-0.15, -0.1) is 0 Å². The third-order valence-electron chi connectivity index (χ3n) is 2.01. The van der Waals surface area contributed by atoms with Crippen molar-refractivity contribution in [3.8, 4) is 5.75 Å². The maximum Gasteiger partial charge on any atom is 0.387 e. The molecule has 0 aromatic heterocycles. The number of benzene rings is 1. The van der Waals surface area contributed by atoms with Crippen LogP contribution >= 0.6 is 15.9 Å². The molecule has 0 spiro atoms. The molecular weight excluding hydrogens is 305 g/mol. The van der Waals surface area contributed by atoms with Gasteiger partial charge in [0.15, 0.2) is 0 Å². The maximum atomic E-state index is 13.4. The number of alkyl halides is 3. The van der Waals surface area contributed by atoms with E-state index in [2.05, 4.69) is 20.7 Å². The fraction of sp³-hybridized carbons (Fsp3) is 0.300. The summed E-state index contributed by atoms with van der Waals surface area (Å²) in [6, 6.07) is 1.95. The Morgan fingerprint density at radius 3 is 2.53 bits per heavy atom. The molecule has 1 aromatic rings. The number of hydrogen-bond acceptors (Lipinski definition) is 2. The van der Waals surface area contributed by atoms with Crippen LogP contribution < -0.4 is 4.74 Å². The Hall–Kier alpha value is -1.24. The smallest absolute Gasteiger partial charge is 0.387 e. The molecule has 3 nitrogen and oxygen atoms in total. The van der Waals surface area contributed by atoms with Gasteiger partial charge in [-0.1, -0.05) is 15.9 Å². The van der Waals surface area contributed by atoms with Crippen molar-refractivity contribution in [2.75, 3.05) is 0 Å². The van der Waals surface area contributed by atoms with Crippen LogP contribution in [0.2, 0.25) is 0 Å². The zero-order valence-corrected chi connectivity index (χ0v) is 10.0. The minimum Gasteiger partial charge on any atom is -0.481 e. The third-order valence-corrected chi connectivity index (χ3v) is 2.57. The molecule has 94 valence electrons. The monoisotopic (exact) mass is 312 g/mol. The van der Waals surface area contributed by atoms with Gasteiger partial charge < -0.3 is 9.84 Å². The number of aliphatic carboxylic acids is 1. The lowest BCUT2D eigenvalue weighted by Gasteiger charge is -2.13. The number of hydrogen-bond donors (Lipinski definition) is 1. The highest BCUT2D eigenvalue weighted by Gasteiger charge is 2.18. The molecular formula is C10H8BrF3O3. The van der Waals surface area contributed by atoms with E-state index in [0.717, 1.165) is 12.1 Å². The SMILES string of the molecule is O=C(O)Cc1c(F)ccc(OC(F)F)c1CBr. The molecule has 1 rings (SSSR count). The lowest BCUT2D eigenvalue weighted by atomic mass is 10.0. The predicted molar refractivity (Wildman–Crippen MR) is 57.0 cm³/mol. The normalized spacial score (nSPS) is 10.6. The molecule has 0 aliphatic heterocycles. The Kier molecular flexibility index (Phi) is 4.80. The van der Waals surface area contributed by atoms with E-state index in [-0.39, 0.29) is 22.2 Å². The van der Waals surface area contributed by atoms with Crippen LogP contribution in [-0.2, 0) is 16.5 Å². The number of carboxylic acid groups (broad SMARTS) is 1. The highest BCUT2D eigenvalue weighted by atomic mass is 79.9. The van der Waals surface area contributed by atoms with Crippen LogP contribution in [0.25, 0.3) is 0 Å². The van der Waals surface area contributed by atoms with E-state index in [1.165, 1.54) is 0 Å². The number of halogens is 4. The summed E-state index contributed by atoms with van der Waals surface area (Å²) in [7, 11) is 0. The van der Waals surface area contributed by atoms with E-state index in [0.29, 0.717) is 0 Å². The molecule has 0 bridgehead atoms. The van der Waals surface area contributed by atoms with Crippen molar-refractivity contribution in [3.63, 3.8) is 0 Å². The van der Waals surface area contributed by atoms with E-state index in [4.69, 9.17) is 5.11 Å². The fourth-order valence-corrected chi connectivity index (χ4v) is 1.95. The van der Waals surface area contributed by atoms with Gasteiger partial charge in [-0.05, 0) is 12.1 Å². The first-order chi connectivity index (χ1) is 7.95. The van der Waals surface area contributed by atoms with E-state index in [1.807, 2.05) is 0 Å². The summed E-state index contributed by atoms with van der Waals surface area (Å²) >= 11 is 2.99. The molecule has 0 unspecified atom stereocenters. The summed E-state index contributed by atoms with van der Waals surface area (Å²) < 4.78 is 41.7. The number of carboxylic acids is 1. The molecule has 0 aliphatic carbocycles. The molecule has 0 saturated carbocycles. The van der Waals surface area contributed by atoms with Gasteiger partial charge in [-0.3, -0.25) is 4.79 Å². The second-order valence-corrected chi connectivity index (χ2v) is 3.65. The standard InChI is InChI=1S/C10H8BrF3O3/c11-4-6-5(3-9(15)16)7(12)1-2-8(6)17-10(13)14/h1-2,10H,3-4H2,(H,15,16). The average Bonchev–Trinajstić information content (AvgIpc) is 2.22. The Morgan fingerprint density at radius 2 is 2.06 bits per heavy atom. The van der Waals surface area contributed by atoms with Crippen LogP contribution in [-0.4, -0.2) is 17.7 Å². The molecule has 7 heteroatoms. The molecule has 0 aliphatic rings. The van der Waals surface area contributed by atoms with Crippen molar-refractivity contribution in [1.82, 2.24) is 0 Å². The highest BCUT2D eigenvalue weighted by Crippen LogP contribution is 2.29. The van der Waals surface area contributed by atoms with Crippen molar-refractivity contribution in [2.24, 2.45) is 0 Å². The second kappa shape index (κ2) is 5.90. The second-order valence-electron chi connectivity index (χ2n) is 3.09. The molecule has 0 fully saturated rings. The molecule has 0 atom stereocenters. The minimum absolute atomic E-state index is 0.0232.